The molecule has 0 unspecified atom stereocenters. The zero-order chi connectivity index (χ0) is 22.3. The maximum absolute atomic E-state index is 12.7. The SMILES string of the molecule is O=C(Cn1nc2ccc(C(=O)NCc3ccccc3)cn2c1=O)NCCC1=CCCCC1. The minimum absolute atomic E-state index is 0.158. The molecule has 1 aliphatic rings. The van der Waals surface area contributed by atoms with E-state index in [1.54, 1.807) is 12.1 Å². The fourth-order valence-corrected chi connectivity index (χ4v) is 3.82. The van der Waals surface area contributed by atoms with E-state index >= 15 is 0 Å². The summed E-state index contributed by atoms with van der Waals surface area (Å²) in [6.07, 6.45) is 9.22. The van der Waals surface area contributed by atoms with E-state index in [4.69, 9.17) is 0 Å². The number of pyridine rings is 1. The highest BCUT2D eigenvalue weighted by molar-refractivity contribution is 5.94. The van der Waals surface area contributed by atoms with Gasteiger partial charge in [-0.1, -0.05) is 42.0 Å². The van der Waals surface area contributed by atoms with Crippen molar-refractivity contribution in [2.24, 2.45) is 0 Å². The Morgan fingerprint density at radius 1 is 1.03 bits per heavy atom. The third kappa shape index (κ3) is 5.32. The van der Waals surface area contributed by atoms with Gasteiger partial charge in [-0.25, -0.2) is 13.9 Å². The summed E-state index contributed by atoms with van der Waals surface area (Å²) < 4.78 is 2.41. The molecule has 2 heterocycles. The van der Waals surface area contributed by atoms with Crippen LogP contribution < -0.4 is 16.3 Å². The summed E-state index contributed by atoms with van der Waals surface area (Å²) >= 11 is 0. The van der Waals surface area contributed by atoms with Gasteiger partial charge in [0.05, 0.1) is 5.56 Å². The van der Waals surface area contributed by atoms with Gasteiger partial charge in [-0.3, -0.25) is 9.59 Å². The average Bonchev–Trinajstić information content (AvgIpc) is 3.13. The number of amides is 2. The number of benzene rings is 1. The van der Waals surface area contributed by atoms with Crippen LogP contribution in [0.2, 0.25) is 0 Å². The second kappa shape index (κ2) is 10.1. The zero-order valence-electron chi connectivity index (χ0n) is 17.9. The highest BCUT2D eigenvalue weighted by Gasteiger charge is 2.13. The Kier molecular flexibility index (Phi) is 6.79. The molecule has 0 spiro atoms. The number of aromatic nitrogens is 3. The number of fused-ring (bicyclic) bond motifs is 1. The minimum Gasteiger partial charge on any atom is -0.354 e. The lowest BCUT2D eigenvalue weighted by Gasteiger charge is -2.12. The first-order valence-electron chi connectivity index (χ1n) is 11.0. The first-order valence-corrected chi connectivity index (χ1v) is 11.0. The third-order valence-corrected chi connectivity index (χ3v) is 5.58. The molecule has 2 N–H and O–H groups in total. The monoisotopic (exact) mass is 433 g/mol. The summed E-state index contributed by atoms with van der Waals surface area (Å²) in [5, 5.41) is 9.90. The molecule has 0 saturated carbocycles. The van der Waals surface area contributed by atoms with Crippen LogP contribution in [0.5, 0.6) is 0 Å². The molecular weight excluding hydrogens is 406 g/mol. The fraction of sp³-hybridized carbons (Fsp3) is 0.333. The van der Waals surface area contributed by atoms with E-state index in [1.165, 1.54) is 29.0 Å². The van der Waals surface area contributed by atoms with E-state index in [9.17, 15) is 14.4 Å². The molecule has 0 saturated heterocycles. The molecule has 32 heavy (non-hydrogen) atoms. The number of hydrogen-bond acceptors (Lipinski definition) is 4. The average molecular weight is 434 g/mol. The Hall–Kier alpha value is -3.68. The lowest BCUT2D eigenvalue weighted by atomic mass is 9.97. The number of carbonyl (C=O) groups excluding carboxylic acids is 2. The maximum Gasteiger partial charge on any atom is 0.350 e. The van der Waals surface area contributed by atoms with Gasteiger partial charge in [-0.2, -0.15) is 0 Å². The van der Waals surface area contributed by atoms with Crippen molar-refractivity contribution in [2.75, 3.05) is 6.54 Å². The largest absolute Gasteiger partial charge is 0.354 e. The van der Waals surface area contributed by atoms with Gasteiger partial charge in [-0.05, 0) is 49.8 Å². The molecule has 4 rings (SSSR count). The van der Waals surface area contributed by atoms with Crippen molar-refractivity contribution in [3.63, 3.8) is 0 Å². The van der Waals surface area contributed by atoms with Crippen molar-refractivity contribution in [2.45, 2.75) is 45.2 Å². The van der Waals surface area contributed by atoms with Crippen molar-refractivity contribution < 1.29 is 9.59 Å². The van der Waals surface area contributed by atoms with E-state index in [0.29, 0.717) is 24.3 Å². The summed E-state index contributed by atoms with van der Waals surface area (Å²) in [4.78, 5) is 37.4. The van der Waals surface area contributed by atoms with Gasteiger partial charge in [0, 0.05) is 19.3 Å². The summed E-state index contributed by atoms with van der Waals surface area (Å²) in [6.45, 7) is 0.788. The predicted octanol–water partition coefficient (Wildman–Crippen LogP) is 2.43. The van der Waals surface area contributed by atoms with Gasteiger partial charge >= 0.3 is 5.69 Å². The normalized spacial score (nSPS) is 13.6. The Morgan fingerprint density at radius 3 is 2.66 bits per heavy atom. The van der Waals surface area contributed by atoms with Gasteiger partial charge in [0.2, 0.25) is 5.91 Å². The van der Waals surface area contributed by atoms with Crippen LogP contribution in [0.25, 0.3) is 5.65 Å². The van der Waals surface area contributed by atoms with E-state index in [-0.39, 0.29) is 18.4 Å². The number of allylic oxidation sites excluding steroid dienone is 1. The van der Waals surface area contributed by atoms with Crippen molar-refractivity contribution in [3.8, 4) is 0 Å². The lowest BCUT2D eigenvalue weighted by Crippen LogP contribution is -2.33. The minimum atomic E-state index is -0.456. The van der Waals surface area contributed by atoms with Crippen LogP contribution in [-0.2, 0) is 17.9 Å². The molecule has 1 aromatic carbocycles. The van der Waals surface area contributed by atoms with E-state index in [1.807, 2.05) is 30.3 Å². The van der Waals surface area contributed by atoms with Gasteiger partial charge in [0.15, 0.2) is 5.65 Å². The number of carbonyl (C=O) groups is 2. The molecule has 0 radical (unpaired) electrons. The number of hydrogen-bond donors (Lipinski definition) is 2. The molecule has 166 valence electrons. The Balaban J connectivity index is 1.36. The number of nitrogens with zero attached hydrogens (tertiary/aromatic N) is 3. The molecule has 2 aromatic heterocycles. The Labute approximate surface area is 185 Å². The van der Waals surface area contributed by atoms with Crippen LogP contribution in [0.1, 0.15) is 48.0 Å². The standard InChI is InChI=1S/C24H27N5O3/c30-22(25-14-13-18-7-3-1-4-8-18)17-29-24(32)28-16-20(11-12-21(28)27-29)23(31)26-15-19-9-5-2-6-10-19/h2,5-7,9-12,16H,1,3-4,8,13-15,17H2,(H,25,30)(H,26,31). The van der Waals surface area contributed by atoms with Crippen LogP contribution in [0.4, 0.5) is 0 Å². The number of rotatable bonds is 8. The molecule has 1 aliphatic carbocycles. The molecule has 0 bridgehead atoms. The van der Waals surface area contributed by atoms with Gasteiger partial charge in [-0.15, -0.1) is 5.10 Å². The first-order chi connectivity index (χ1) is 15.6. The van der Waals surface area contributed by atoms with Crippen LogP contribution >= 0.6 is 0 Å². The molecular formula is C24H27N5O3. The van der Waals surface area contributed by atoms with Crippen LogP contribution in [0.15, 0.2) is 65.1 Å². The molecule has 2 amide bonds. The lowest BCUT2D eigenvalue weighted by molar-refractivity contribution is -0.121. The molecule has 0 fully saturated rings. The first kappa shape index (κ1) is 21.5. The quantitative estimate of drug-likeness (QED) is 0.533. The molecule has 0 aliphatic heterocycles. The van der Waals surface area contributed by atoms with Crippen molar-refractivity contribution >= 4 is 17.5 Å². The smallest absolute Gasteiger partial charge is 0.350 e. The van der Waals surface area contributed by atoms with Crippen LogP contribution in [0, 0.1) is 0 Å². The highest BCUT2D eigenvalue weighted by Crippen LogP contribution is 2.19. The zero-order valence-corrected chi connectivity index (χ0v) is 17.9. The molecule has 0 atom stereocenters. The molecule has 8 heteroatoms. The second-order valence-electron chi connectivity index (χ2n) is 7.96. The summed E-state index contributed by atoms with van der Waals surface area (Å²) in [5.41, 5.74) is 2.65. The third-order valence-electron chi connectivity index (χ3n) is 5.58. The summed E-state index contributed by atoms with van der Waals surface area (Å²) in [6, 6.07) is 12.8. The Morgan fingerprint density at radius 2 is 1.88 bits per heavy atom. The Bertz CT molecular complexity index is 1190. The van der Waals surface area contributed by atoms with Gasteiger partial charge < -0.3 is 10.6 Å². The maximum atomic E-state index is 12.7. The van der Waals surface area contributed by atoms with Crippen LogP contribution in [-0.4, -0.2) is 32.5 Å². The number of nitrogens with one attached hydrogen (secondary N) is 2. The van der Waals surface area contributed by atoms with Crippen molar-refractivity contribution in [1.82, 2.24) is 24.8 Å². The fourth-order valence-electron chi connectivity index (χ4n) is 3.82. The summed E-state index contributed by atoms with van der Waals surface area (Å²) in [5.74, 6) is -0.544. The van der Waals surface area contributed by atoms with Crippen molar-refractivity contribution in [3.05, 3.63) is 81.9 Å². The predicted molar refractivity (Wildman–Crippen MR) is 121 cm³/mol. The van der Waals surface area contributed by atoms with Crippen molar-refractivity contribution in [1.29, 1.82) is 0 Å². The van der Waals surface area contributed by atoms with E-state index in [0.717, 1.165) is 29.5 Å². The second-order valence-corrected chi connectivity index (χ2v) is 7.96. The van der Waals surface area contributed by atoms with Gasteiger partial charge in [0.25, 0.3) is 5.91 Å². The van der Waals surface area contributed by atoms with E-state index < -0.39 is 5.69 Å². The topological polar surface area (TPSA) is 97.5 Å². The molecule has 3 aromatic rings. The van der Waals surface area contributed by atoms with Gasteiger partial charge in [0.1, 0.15) is 6.54 Å². The summed E-state index contributed by atoms with van der Waals surface area (Å²) in [7, 11) is 0. The molecule has 8 nitrogen and oxygen atoms in total. The highest BCUT2D eigenvalue weighted by atomic mass is 16.2. The van der Waals surface area contributed by atoms with Crippen LogP contribution in [0.3, 0.4) is 0 Å². The van der Waals surface area contributed by atoms with E-state index in [2.05, 4.69) is 21.8 Å².